The smallest absolute Gasteiger partial charge is 0.335 e. The van der Waals surface area contributed by atoms with E-state index in [0.29, 0.717) is 21.0 Å². The van der Waals surface area contributed by atoms with E-state index in [2.05, 4.69) is 22.6 Å². The number of halogens is 2. The van der Waals surface area contributed by atoms with Crippen molar-refractivity contribution in [1.29, 1.82) is 0 Å². The molecule has 0 aliphatic heterocycles. The quantitative estimate of drug-likeness (QED) is 0.383. The Kier molecular flexibility index (Phi) is 6.26. The molecule has 0 atom stereocenters. The number of rotatable bonds is 6. The van der Waals surface area contributed by atoms with Crippen LogP contribution in [-0.2, 0) is 6.42 Å². The molecular weight excluding hydrogens is 447 g/mol. The highest BCUT2D eigenvalue weighted by Crippen LogP contribution is 2.21. The third-order valence-electron chi connectivity index (χ3n) is 3.22. The lowest BCUT2D eigenvalue weighted by Crippen LogP contribution is -2.12. The Bertz CT molecular complexity index is 789. The Morgan fingerprint density at radius 2 is 1.83 bits per heavy atom. The summed E-state index contributed by atoms with van der Waals surface area (Å²) in [5, 5.41) is 9.57. The van der Waals surface area contributed by atoms with Gasteiger partial charge in [-0.25, -0.2) is 4.79 Å². The van der Waals surface area contributed by atoms with Crippen LogP contribution in [-0.4, -0.2) is 21.7 Å². The molecule has 0 radical (unpaired) electrons. The van der Waals surface area contributed by atoms with E-state index < -0.39 is 5.97 Å². The van der Waals surface area contributed by atoms with Gasteiger partial charge < -0.3 is 5.11 Å². The molecule has 0 aliphatic rings. The summed E-state index contributed by atoms with van der Waals surface area (Å²) < 4.78 is 0.914. The largest absolute Gasteiger partial charge is 0.478 e. The van der Waals surface area contributed by atoms with Gasteiger partial charge in [-0.2, -0.15) is 0 Å². The number of aromatic carboxylic acids is 1. The van der Waals surface area contributed by atoms with Crippen molar-refractivity contribution in [2.75, 3.05) is 0 Å². The highest BCUT2D eigenvalue weighted by molar-refractivity contribution is 14.1. The van der Waals surface area contributed by atoms with Crippen LogP contribution in [0.5, 0.6) is 0 Å². The second-order valence-corrected chi connectivity index (χ2v) is 7.13. The van der Waals surface area contributed by atoms with Crippen molar-refractivity contribution in [3.63, 3.8) is 0 Å². The van der Waals surface area contributed by atoms with Gasteiger partial charge in [0.2, 0.25) is 0 Å². The van der Waals surface area contributed by atoms with Crippen molar-refractivity contribution in [2.24, 2.45) is 0 Å². The summed E-state index contributed by atoms with van der Waals surface area (Å²) in [6.45, 7) is 0. The predicted molar refractivity (Wildman–Crippen MR) is 103 cm³/mol. The highest BCUT2D eigenvalue weighted by atomic mass is 127. The molecule has 0 aromatic heterocycles. The molecule has 23 heavy (non-hydrogen) atoms. The minimum absolute atomic E-state index is 0.0586. The van der Waals surface area contributed by atoms with Crippen molar-refractivity contribution in [1.82, 2.24) is 0 Å². The molecule has 0 saturated carbocycles. The summed E-state index contributed by atoms with van der Waals surface area (Å²) in [6, 6.07) is 11.9. The van der Waals surface area contributed by atoms with Crippen molar-refractivity contribution < 1.29 is 14.7 Å². The van der Waals surface area contributed by atoms with Gasteiger partial charge in [0, 0.05) is 26.8 Å². The maximum absolute atomic E-state index is 12.3. The first-order chi connectivity index (χ1) is 10.9. The summed E-state index contributed by atoms with van der Waals surface area (Å²) in [5.41, 5.74) is 1.24. The fraction of sp³-hybridized carbons (Fsp3) is 0.118. The van der Waals surface area contributed by atoms with Crippen LogP contribution in [0.3, 0.4) is 0 Å². The second-order valence-electron chi connectivity index (χ2n) is 4.90. The van der Waals surface area contributed by atoms with Crippen LogP contribution in [0, 0.1) is 3.57 Å². The Hall–Kier alpha value is -1.31. The number of benzene rings is 2. The zero-order chi connectivity index (χ0) is 17.0. The lowest BCUT2D eigenvalue weighted by molar-refractivity contribution is 0.0695. The molecule has 0 fully saturated rings. The second kappa shape index (κ2) is 7.99. The molecule has 0 amide bonds. The van der Waals surface area contributed by atoms with E-state index in [1.807, 2.05) is 6.07 Å². The summed E-state index contributed by atoms with van der Waals surface area (Å²) >= 11 is 13.4. The van der Waals surface area contributed by atoms with Gasteiger partial charge in [-0.05, 0) is 52.4 Å². The van der Waals surface area contributed by atoms with E-state index in [-0.39, 0.29) is 24.2 Å². The average Bonchev–Trinajstić information content (AvgIpc) is 2.49. The van der Waals surface area contributed by atoms with Crippen molar-refractivity contribution in [3.05, 3.63) is 67.7 Å². The molecule has 0 unspecified atom stereocenters. The number of thiocarbonyl (C=S) groups is 1. The molecule has 0 aliphatic carbocycles. The predicted octanol–water partition coefficient (Wildman–Crippen LogP) is 4.83. The van der Waals surface area contributed by atoms with Crippen LogP contribution < -0.4 is 0 Å². The number of Topliss-reactive ketones (excluding diaryl/α,β-unsaturated/α-hetero) is 1. The number of carboxylic acids is 1. The molecule has 3 nitrogen and oxygen atoms in total. The summed E-state index contributed by atoms with van der Waals surface area (Å²) in [5.74, 6) is -1.17. The van der Waals surface area contributed by atoms with E-state index in [4.69, 9.17) is 23.8 Å². The SMILES string of the molecule is O=C(CC(=S)Cc1ccccc1C(=O)O)c1cc(I)ccc1Cl. The van der Waals surface area contributed by atoms with Crippen molar-refractivity contribution in [3.8, 4) is 0 Å². The summed E-state index contributed by atoms with van der Waals surface area (Å²) in [4.78, 5) is 24.0. The third kappa shape index (κ3) is 4.83. The molecule has 1 N–H and O–H groups in total. The molecule has 6 heteroatoms. The van der Waals surface area contributed by atoms with Crippen LogP contribution in [0.2, 0.25) is 5.02 Å². The molecule has 118 valence electrons. The van der Waals surface area contributed by atoms with Crippen molar-refractivity contribution in [2.45, 2.75) is 12.8 Å². The maximum atomic E-state index is 12.3. The van der Waals surface area contributed by atoms with Crippen LogP contribution >= 0.6 is 46.4 Å². The van der Waals surface area contributed by atoms with Gasteiger partial charge >= 0.3 is 5.97 Å². The van der Waals surface area contributed by atoms with Crippen LogP contribution in [0.1, 0.15) is 32.7 Å². The zero-order valence-corrected chi connectivity index (χ0v) is 15.6. The zero-order valence-electron chi connectivity index (χ0n) is 11.9. The first-order valence-corrected chi connectivity index (χ1v) is 8.56. The Labute approximate surface area is 157 Å². The first kappa shape index (κ1) is 18.0. The molecular formula is C17H12ClIO3S. The lowest BCUT2D eigenvalue weighted by atomic mass is 9.99. The monoisotopic (exact) mass is 458 g/mol. The van der Waals surface area contributed by atoms with Gasteiger partial charge in [0.1, 0.15) is 0 Å². The van der Waals surface area contributed by atoms with Gasteiger partial charge in [0.05, 0.1) is 10.6 Å². The normalized spacial score (nSPS) is 10.3. The fourth-order valence-electron chi connectivity index (χ4n) is 2.14. The first-order valence-electron chi connectivity index (χ1n) is 6.69. The minimum Gasteiger partial charge on any atom is -0.478 e. The standard InChI is InChI=1S/C17H12ClIO3S/c18-15-6-5-11(19)8-14(15)16(20)9-12(23)7-10-3-1-2-4-13(10)17(21)22/h1-6,8H,7,9H2,(H,21,22). The fourth-order valence-corrected chi connectivity index (χ4v) is 3.14. The number of hydrogen-bond donors (Lipinski definition) is 1. The molecule has 0 spiro atoms. The molecule has 0 heterocycles. The maximum Gasteiger partial charge on any atom is 0.335 e. The Balaban J connectivity index is 2.12. The lowest BCUT2D eigenvalue weighted by Gasteiger charge is -2.08. The van der Waals surface area contributed by atoms with E-state index >= 15 is 0 Å². The van der Waals surface area contributed by atoms with Crippen LogP contribution in [0.25, 0.3) is 0 Å². The van der Waals surface area contributed by atoms with Gasteiger partial charge in [0.25, 0.3) is 0 Å². The van der Waals surface area contributed by atoms with E-state index in [1.54, 1.807) is 30.3 Å². The van der Waals surface area contributed by atoms with Gasteiger partial charge in [0.15, 0.2) is 5.78 Å². The van der Waals surface area contributed by atoms with E-state index in [9.17, 15) is 14.7 Å². The molecule has 2 aromatic carbocycles. The number of carbonyl (C=O) groups excluding carboxylic acids is 1. The van der Waals surface area contributed by atoms with E-state index in [1.165, 1.54) is 6.07 Å². The number of carbonyl (C=O) groups is 2. The number of ketones is 1. The Morgan fingerprint density at radius 3 is 2.52 bits per heavy atom. The van der Waals surface area contributed by atoms with Gasteiger partial charge in [-0.3, -0.25) is 4.79 Å². The molecule has 2 rings (SSSR count). The Morgan fingerprint density at radius 1 is 1.13 bits per heavy atom. The average molecular weight is 459 g/mol. The topological polar surface area (TPSA) is 54.4 Å². The van der Waals surface area contributed by atoms with Crippen LogP contribution in [0.15, 0.2) is 42.5 Å². The van der Waals surface area contributed by atoms with Crippen molar-refractivity contribution >= 4 is 63.0 Å². The van der Waals surface area contributed by atoms with Gasteiger partial charge in [-0.15, -0.1) is 0 Å². The summed E-state index contributed by atoms with van der Waals surface area (Å²) in [6.07, 6.45) is 0.328. The summed E-state index contributed by atoms with van der Waals surface area (Å²) in [7, 11) is 0. The van der Waals surface area contributed by atoms with Gasteiger partial charge in [-0.1, -0.05) is 42.0 Å². The molecule has 0 bridgehead atoms. The van der Waals surface area contributed by atoms with Crippen LogP contribution in [0.4, 0.5) is 0 Å². The molecule has 0 saturated heterocycles. The molecule has 2 aromatic rings. The number of hydrogen-bond acceptors (Lipinski definition) is 3. The minimum atomic E-state index is -1.00. The van der Waals surface area contributed by atoms with E-state index in [0.717, 1.165) is 3.57 Å². The number of carboxylic acid groups (broad SMARTS) is 1. The third-order valence-corrected chi connectivity index (χ3v) is 4.51. The highest BCUT2D eigenvalue weighted by Gasteiger charge is 2.16.